The molecule has 0 aromatic carbocycles. The summed E-state index contributed by atoms with van der Waals surface area (Å²) in [6, 6.07) is 0. The third-order valence-electron chi connectivity index (χ3n) is 3.76. The van der Waals surface area contributed by atoms with Crippen LogP contribution < -0.4 is 28.4 Å². The number of rotatable bonds is 17. The second kappa shape index (κ2) is 17.0. The predicted octanol–water partition coefficient (Wildman–Crippen LogP) is -1.98. The van der Waals surface area contributed by atoms with Crippen molar-refractivity contribution < 1.29 is 9.53 Å². The van der Waals surface area contributed by atoms with Crippen LogP contribution in [0.5, 0.6) is 0 Å². The molecule has 0 aromatic heterocycles. The molecule has 0 spiro atoms. The van der Waals surface area contributed by atoms with Gasteiger partial charge in [-0.2, -0.15) is 0 Å². The monoisotopic (exact) mass is 374 g/mol. The van der Waals surface area contributed by atoms with Gasteiger partial charge in [0.2, 0.25) is 5.91 Å². The molecule has 0 aliphatic rings. The molecule has 10 nitrogen and oxygen atoms in total. The first kappa shape index (κ1) is 24.5. The molecule has 9 N–H and O–H groups in total. The van der Waals surface area contributed by atoms with Crippen LogP contribution in [0.15, 0.2) is 4.99 Å². The Kier molecular flexibility index (Phi) is 16.0. The summed E-state index contributed by atoms with van der Waals surface area (Å²) in [7, 11) is 1.70. The number of hydrogen-bond acceptors (Lipinski definition) is 7. The van der Waals surface area contributed by atoms with Crippen molar-refractivity contribution in [1.82, 2.24) is 15.2 Å². The number of carbonyl (C=O) groups excluding carboxylic acids is 1. The molecular formula is C16H38N8O2. The van der Waals surface area contributed by atoms with Crippen molar-refractivity contribution in [3.8, 4) is 0 Å². The molecule has 0 bridgehead atoms. The van der Waals surface area contributed by atoms with Gasteiger partial charge in [-0.15, -0.1) is 0 Å². The Hall–Kier alpha value is -1.46. The number of nitrogens with zero attached hydrogens (tertiary/aromatic N) is 3. The fourth-order valence-corrected chi connectivity index (χ4v) is 2.36. The van der Waals surface area contributed by atoms with E-state index in [1.807, 2.05) is 0 Å². The number of carbonyl (C=O) groups is 1. The molecule has 0 saturated heterocycles. The second-order valence-electron chi connectivity index (χ2n) is 6.16. The summed E-state index contributed by atoms with van der Waals surface area (Å²) in [5.41, 5.74) is 16.1. The number of aliphatic imine (C=N–C) groups is 1. The summed E-state index contributed by atoms with van der Waals surface area (Å²) in [4.78, 5) is 18.1. The summed E-state index contributed by atoms with van der Waals surface area (Å²) in [6.07, 6.45) is 3.49. The van der Waals surface area contributed by atoms with Crippen LogP contribution in [-0.4, -0.2) is 87.9 Å². The number of nitrogens with one attached hydrogen (secondary N) is 1. The van der Waals surface area contributed by atoms with E-state index in [2.05, 4.69) is 15.2 Å². The van der Waals surface area contributed by atoms with E-state index in [9.17, 15) is 4.79 Å². The Morgan fingerprint density at radius 2 is 1.81 bits per heavy atom. The van der Waals surface area contributed by atoms with Gasteiger partial charge in [0, 0.05) is 33.3 Å². The quantitative estimate of drug-likeness (QED) is 0.0643. The highest BCUT2D eigenvalue weighted by molar-refractivity contribution is 5.77. The van der Waals surface area contributed by atoms with Gasteiger partial charge < -0.3 is 32.2 Å². The molecule has 0 radical (unpaired) electrons. The average molecular weight is 375 g/mol. The maximum absolute atomic E-state index is 11.9. The first-order chi connectivity index (χ1) is 12.5. The molecule has 0 atom stereocenters. The van der Waals surface area contributed by atoms with Gasteiger partial charge in [-0.1, -0.05) is 0 Å². The van der Waals surface area contributed by atoms with E-state index in [-0.39, 0.29) is 18.4 Å². The molecule has 0 fully saturated rings. The Balaban J connectivity index is 3.77. The van der Waals surface area contributed by atoms with E-state index < -0.39 is 0 Å². The lowest BCUT2D eigenvalue weighted by Gasteiger charge is -2.22. The number of guanidine groups is 1. The smallest absolute Gasteiger partial charge is 0.235 e. The van der Waals surface area contributed by atoms with Crippen molar-refractivity contribution in [2.75, 3.05) is 66.1 Å². The number of unbranched alkanes of at least 4 members (excludes halogenated alkanes) is 1. The molecule has 0 rings (SSSR count). The van der Waals surface area contributed by atoms with Crippen LogP contribution in [0.4, 0.5) is 0 Å². The maximum Gasteiger partial charge on any atom is 0.235 e. The lowest BCUT2D eigenvalue weighted by Crippen LogP contribution is -2.42. The first-order valence-electron chi connectivity index (χ1n) is 9.22. The van der Waals surface area contributed by atoms with Crippen molar-refractivity contribution in [3.05, 3.63) is 0 Å². The van der Waals surface area contributed by atoms with Crippen molar-refractivity contribution >= 4 is 11.9 Å². The summed E-state index contributed by atoms with van der Waals surface area (Å²) in [5.74, 6) is 5.86. The zero-order chi connectivity index (χ0) is 19.6. The number of nitrogens with two attached hydrogens (primary N) is 4. The van der Waals surface area contributed by atoms with Crippen molar-refractivity contribution in [2.24, 2.45) is 28.0 Å². The molecule has 0 saturated carbocycles. The van der Waals surface area contributed by atoms with E-state index in [1.165, 1.54) is 5.01 Å². The van der Waals surface area contributed by atoms with Crippen LogP contribution in [0.3, 0.4) is 0 Å². The zero-order valence-electron chi connectivity index (χ0n) is 16.2. The molecule has 0 unspecified atom stereocenters. The molecule has 0 aromatic rings. The van der Waals surface area contributed by atoms with Gasteiger partial charge in [0.1, 0.15) is 0 Å². The number of hydrogen-bond donors (Lipinski definition) is 5. The maximum atomic E-state index is 11.9. The topological polar surface area (TPSA) is 161 Å². The van der Waals surface area contributed by atoms with Crippen LogP contribution in [0, 0.1) is 0 Å². The molecular weight excluding hydrogens is 336 g/mol. The largest absolute Gasteiger partial charge is 0.383 e. The van der Waals surface area contributed by atoms with Crippen molar-refractivity contribution in [1.29, 1.82) is 0 Å². The minimum atomic E-state index is -0.0675. The Morgan fingerprint density at radius 1 is 1.08 bits per heavy atom. The second-order valence-corrected chi connectivity index (χ2v) is 6.16. The van der Waals surface area contributed by atoms with Gasteiger partial charge in [-0.25, -0.2) is 5.01 Å². The minimum Gasteiger partial charge on any atom is -0.383 e. The van der Waals surface area contributed by atoms with Crippen LogP contribution in [0.1, 0.15) is 25.7 Å². The molecule has 1 amide bonds. The number of methoxy groups -OCH3 is 1. The lowest BCUT2D eigenvalue weighted by molar-refractivity contribution is -0.122. The molecule has 0 aliphatic heterocycles. The summed E-state index contributed by atoms with van der Waals surface area (Å²) in [6.45, 7) is 6.11. The van der Waals surface area contributed by atoms with E-state index in [0.717, 1.165) is 45.3 Å². The number of hydrazine groups is 1. The fraction of sp³-hybridized carbons (Fsp3) is 0.875. The summed E-state index contributed by atoms with van der Waals surface area (Å²) >= 11 is 0. The highest BCUT2D eigenvalue weighted by atomic mass is 16.5. The van der Waals surface area contributed by atoms with Gasteiger partial charge >= 0.3 is 0 Å². The molecule has 154 valence electrons. The molecule has 0 heterocycles. The number of ether oxygens (including phenoxy) is 1. The Morgan fingerprint density at radius 3 is 2.46 bits per heavy atom. The lowest BCUT2D eigenvalue weighted by atomic mass is 10.3. The Labute approximate surface area is 157 Å². The van der Waals surface area contributed by atoms with E-state index in [0.29, 0.717) is 32.8 Å². The fourth-order valence-electron chi connectivity index (χ4n) is 2.36. The van der Waals surface area contributed by atoms with Crippen LogP contribution in [-0.2, 0) is 9.53 Å². The van der Waals surface area contributed by atoms with Crippen LogP contribution in [0.25, 0.3) is 0 Å². The molecule has 26 heavy (non-hydrogen) atoms. The first-order valence-corrected chi connectivity index (χ1v) is 9.22. The standard InChI is InChI=1S/C16H38N8O2/c1-26-13-12-23(9-4-6-17)10-5-8-21-15(25)14-24(20)11-3-2-7-22-16(18)19/h2-14,17,20H2,1H3,(H,21,25)(H4,18,19,22). The number of amides is 1. The van der Waals surface area contributed by atoms with Gasteiger partial charge in [0.05, 0.1) is 13.2 Å². The van der Waals surface area contributed by atoms with E-state index in [4.69, 9.17) is 27.8 Å². The van der Waals surface area contributed by atoms with Crippen LogP contribution >= 0.6 is 0 Å². The molecule has 10 heteroatoms. The Bertz CT molecular complexity index is 369. The van der Waals surface area contributed by atoms with Gasteiger partial charge in [0.15, 0.2) is 5.96 Å². The normalized spacial score (nSPS) is 11.1. The minimum absolute atomic E-state index is 0.0675. The van der Waals surface area contributed by atoms with E-state index >= 15 is 0 Å². The van der Waals surface area contributed by atoms with Gasteiger partial charge in [0.25, 0.3) is 0 Å². The molecule has 0 aliphatic carbocycles. The van der Waals surface area contributed by atoms with Crippen molar-refractivity contribution in [2.45, 2.75) is 25.7 Å². The van der Waals surface area contributed by atoms with E-state index in [1.54, 1.807) is 7.11 Å². The highest BCUT2D eigenvalue weighted by Gasteiger charge is 2.07. The summed E-state index contributed by atoms with van der Waals surface area (Å²) < 4.78 is 5.12. The van der Waals surface area contributed by atoms with Crippen LogP contribution in [0.2, 0.25) is 0 Å². The average Bonchev–Trinajstić information content (AvgIpc) is 2.59. The third kappa shape index (κ3) is 16.0. The van der Waals surface area contributed by atoms with Crippen molar-refractivity contribution in [3.63, 3.8) is 0 Å². The SMILES string of the molecule is COCCN(CCCN)CCCNC(=O)CN(N)CCCCN=C(N)N. The third-order valence-corrected chi connectivity index (χ3v) is 3.76. The van der Waals surface area contributed by atoms with Gasteiger partial charge in [-0.3, -0.25) is 15.6 Å². The summed E-state index contributed by atoms with van der Waals surface area (Å²) in [5, 5.41) is 4.41. The van der Waals surface area contributed by atoms with Gasteiger partial charge in [-0.05, 0) is 45.3 Å². The zero-order valence-corrected chi connectivity index (χ0v) is 16.2. The highest BCUT2D eigenvalue weighted by Crippen LogP contribution is 1.95. The predicted molar refractivity (Wildman–Crippen MR) is 105 cm³/mol.